The van der Waals surface area contributed by atoms with Crippen LogP contribution in [0.25, 0.3) is 22.6 Å². The van der Waals surface area contributed by atoms with E-state index in [9.17, 15) is 0 Å². The number of benzene rings is 1. The summed E-state index contributed by atoms with van der Waals surface area (Å²) in [4.78, 5) is 12.8. The van der Waals surface area contributed by atoms with Crippen molar-refractivity contribution < 1.29 is 0 Å². The molecular formula is C14H15ClN6. The largest absolute Gasteiger partial charge is 0.382 e. The maximum Gasteiger partial charge on any atom is 0.224 e. The van der Waals surface area contributed by atoms with Crippen LogP contribution in [0.15, 0.2) is 24.3 Å². The van der Waals surface area contributed by atoms with Gasteiger partial charge >= 0.3 is 0 Å². The van der Waals surface area contributed by atoms with Gasteiger partial charge in [-0.3, -0.25) is 0 Å². The molecule has 0 fully saturated rings. The lowest BCUT2D eigenvalue weighted by Crippen LogP contribution is -2.06. The highest BCUT2D eigenvalue weighted by Gasteiger charge is 2.19. The molecule has 0 radical (unpaired) electrons. The second kappa shape index (κ2) is 4.89. The molecule has 0 saturated carbocycles. The molecule has 0 aliphatic carbocycles. The van der Waals surface area contributed by atoms with Gasteiger partial charge in [-0.25, -0.2) is 4.98 Å². The molecule has 3 rings (SSSR count). The van der Waals surface area contributed by atoms with E-state index in [0.717, 1.165) is 11.4 Å². The monoisotopic (exact) mass is 302 g/mol. The maximum atomic E-state index is 6.07. The number of hydrogen-bond acceptors (Lipinski definition) is 5. The Morgan fingerprint density at radius 3 is 2.57 bits per heavy atom. The molecule has 7 heteroatoms. The van der Waals surface area contributed by atoms with Gasteiger partial charge in [-0.1, -0.05) is 23.7 Å². The maximum absolute atomic E-state index is 6.07. The van der Waals surface area contributed by atoms with Crippen molar-refractivity contribution in [3.05, 3.63) is 29.3 Å². The van der Waals surface area contributed by atoms with Crippen LogP contribution in [0.4, 0.5) is 11.8 Å². The topological polar surface area (TPSA) is 95.6 Å². The Bertz CT molecular complexity index is 824. The second-order valence-corrected chi connectivity index (χ2v) is 5.49. The van der Waals surface area contributed by atoms with E-state index < -0.39 is 0 Å². The number of nitrogens with two attached hydrogens (primary N) is 2. The van der Waals surface area contributed by atoms with Gasteiger partial charge in [-0.15, -0.1) is 0 Å². The lowest BCUT2D eigenvalue weighted by Gasteiger charge is -2.12. The van der Waals surface area contributed by atoms with Crippen molar-refractivity contribution in [2.24, 2.45) is 0 Å². The van der Waals surface area contributed by atoms with E-state index in [0.29, 0.717) is 16.2 Å². The second-order valence-electron chi connectivity index (χ2n) is 5.05. The number of fused-ring (bicyclic) bond motifs is 1. The molecule has 21 heavy (non-hydrogen) atoms. The predicted octanol–water partition coefficient (Wildman–Crippen LogP) is 2.89. The van der Waals surface area contributed by atoms with Gasteiger partial charge in [0.15, 0.2) is 17.0 Å². The van der Waals surface area contributed by atoms with Crippen molar-refractivity contribution in [1.29, 1.82) is 0 Å². The summed E-state index contributed by atoms with van der Waals surface area (Å²) >= 11 is 6.07. The highest BCUT2D eigenvalue weighted by atomic mass is 35.5. The Labute approximate surface area is 126 Å². The molecule has 0 aliphatic heterocycles. The average molecular weight is 303 g/mol. The molecule has 0 atom stereocenters. The summed E-state index contributed by atoms with van der Waals surface area (Å²) in [7, 11) is 0. The number of halogens is 1. The summed E-state index contributed by atoms with van der Waals surface area (Å²) in [5, 5.41) is 0.647. The SMILES string of the molecule is CC(C)n1c(-c2cccc(Cl)c2)nc2c(N)nc(N)nc21. The fourth-order valence-electron chi connectivity index (χ4n) is 2.33. The third-order valence-corrected chi connectivity index (χ3v) is 3.42. The van der Waals surface area contributed by atoms with E-state index >= 15 is 0 Å². The average Bonchev–Trinajstić information content (AvgIpc) is 2.78. The van der Waals surface area contributed by atoms with Crippen molar-refractivity contribution >= 4 is 34.5 Å². The molecule has 3 aromatic rings. The Morgan fingerprint density at radius 2 is 1.90 bits per heavy atom. The molecule has 0 saturated heterocycles. The fraction of sp³-hybridized carbons (Fsp3) is 0.214. The molecule has 4 N–H and O–H groups in total. The molecule has 2 heterocycles. The minimum Gasteiger partial charge on any atom is -0.382 e. The van der Waals surface area contributed by atoms with Crippen molar-refractivity contribution in [1.82, 2.24) is 19.5 Å². The number of nitrogen functional groups attached to an aromatic ring is 2. The molecule has 108 valence electrons. The highest BCUT2D eigenvalue weighted by Crippen LogP contribution is 2.30. The van der Waals surface area contributed by atoms with Gasteiger partial charge in [0.25, 0.3) is 0 Å². The number of imidazole rings is 1. The van der Waals surface area contributed by atoms with E-state index in [1.165, 1.54) is 0 Å². The van der Waals surface area contributed by atoms with Gasteiger partial charge in [0.1, 0.15) is 5.82 Å². The highest BCUT2D eigenvalue weighted by molar-refractivity contribution is 6.30. The zero-order valence-corrected chi connectivity index (χ0v) is 12.5. The lowest BCUT2D eigenvalue weighted by atomic mass is 10.2. The standard InChI is InChI=1S/C14H15ClN6/c1-7(2)21-12(8-4-3-5-9(15)6-8)18-10-11(16)19-14(17)20-13(10)21/h3-7H,1-2H3,(H4,16,17,19,20). The van der Waals surface area contributed by atoms with Crippen LogP contribution < -0.4 is 11.5 Å². The smallest absolute Gasteiger partial charge is 0.224 e. The first-order chi connectivity index (χ1) is 9.97. The van der Waals surface area contributed by atoms with E-state index in [1.807, 2.05) is 42.7 Å². The number of hydrogen-bond donors (Lipinski definition) is 2. The predicted molar refractivity (Wildman–Crippen MR) is 85.0 cm³/mol. The van der Waals surface area contributed by atoms with Gasteiger partial charge in [-0.2, -0.15) is 9.97 Å². The molecule has 0 spiro atoms. The third kappa shape index (κ3) is 2.27. The molecule has 0 bridgehead atoms. The van der Waals surface area contributed by atoms with Crippen LogP contribution in [0.3, 0.4) is 0 Å². The lowest BCUT2D eigenvalue weighted by molar-refractivity contribution is 0.620. The number of aromatic nitrogens is 4. The quantitative estimate of drug-likeness (QED) is 0.759. The minimum absolute atomic E-state index is 0.137. The summed E-state index contributed by atoms with van der Waals surface area (Å²) < 4.78 is 1.98. The summed E-state index contributed by atoms with van der Waals surface area (Å²) in [5.41, 5.74) is 13.7. The van der Waals surface area contributed by atoms with Crippen LogP contribution >= 0.6 is 11.6 Å². The summed E-state index contributed by atoms with van der Waals surface area (Å²) in [6, 6.07) is 7.63. The van der Waals surface area contributed by atoms with E-state index in [-0.39, 0.29) is 17.8 Å². The van der Waals surface area contributed by atoms with Gasteiger partial charge in [0.2, 0.25) is 5.95 Å². The van der Waals surface area contributed by atoms with Gasteiger partial charge in [-0.05, 0) is 26.0 Å². The van der Waals surface area contributed by atoms with Crippen LogP contribution in [0.2, 0.25) is 5.02 Å². The Kier molecular flexibility index (Phi) is 3.17. The Balaban J connectivity index is 2.37. The molecule has 1 aromatic carbocycles. The molecular weight excluding hydrogens is 288 g/mol. The first-order valence-electron chi connectivity index (χ1n) is 6.54. The van der Waals surface area contributed by atoms with E-state index in [4.69, 9.17) is 23.1 Å². The zero-order chi connectivity index (χ0) is 15.1. The summed E-state index contributed by atoms with van der Waals surface area (Å²) in [6.45, 7) is 4.09. The van der Waals surface area contributed by atoms with E-state index in [1.54, 1.807) is 0 Å². The molecule has 0 amide bonds. The Hall–Kier alpha value is -2.34. The van der Waals surface area contributed by atoms with E-state index in [2.05, 4.69) is 15.0 Å². The van der Waals surface area contributed by atoms with Crippen LogP contribution in [0.1, 0.15) is 19.9 Å². The molecule has 0 aliphatic rings. The first-order valence-corrected chi connectivity index (χ1v) is 6.92. The number of nitrogens with zero attached hydrogens (tertiary/aromatic N) is 4. The number of rotatable bonds is 2. The number of anilines is 2. The molecule has 0 unspecified atom stereocenters. The van der Waals surface area contributed by atoms with Crippen molar-refractivity contribution in [3.8, 4) is 11.4 Å². The van der Waals surface area contributed by atoms with Crippen molar-refractivity contribution in [2.75, 3.05) is 11.5 Å². The van der Waals surface area contributed by atoms with Crippen LogP contribution in [0.5, 0.6) is 0 Å². The first kappa shape index (κ1) is 13.6. The van der Waals surface area contributed by atoms with Gasteiger partial charge in [0.05, 0.1) is 0 Å². The molecule has 2 aromatic heterocycles. The summed E-state index contributed by atoms with van der Waals surface area (Å²) in [5.74, 6) is 1.16. The Morgan fingerprint density at radius 1 is 1.14 bits per heavy atom. The van der Waals surface area contributed by atoms with Crippen molar-refractivity contribution in [3.63, 3.8) is 0 Å². The molecule has 6 nitrogen and oxygen atoms in total. The van der Waals surface area contributed by atoms with Crippen LogP contribution in [-0.2, 0) is 0 Å². The van der Waals surface area contributed by atoms with Crippen LogP contribution in [0, 0.1) is 0 Å². The fourth-order valence-corrected chi connectivity index (χ4v) is 2.52. The van der Waals surface area contributed by atoms with Crippen molar-refractivity contribution in [2.45, 2.75) is 19.9 Å². The normalized spacial score (nSPS) is 11.4. The van der Waals surface area contributed by atoms with Gasteiger partial charge < -0.3 is 16.0 Å². The summed E-state index contributed by atoms with van der Waals surface area (Å²) in [6.07, 6.45) is 0. The third-order valence-electron chi connectivity index (χ3n) is 3.18. The van der Waals surface area contributed by atoms with Gasteiger partial charge in [0, 0.05) is 16.6 Å². The zero-order valence-electron chi connectivity index (χ0n) is 11.7. The van der Waals surface area contributed by atoms with Crippen LogP contribution in [-0.4, -0.2) is 19.5 Å². The minimum atomic E-state index is 0.137.